The standard InChI is InChI=1S/C22H28BrN3O3/c1-21(2)8-14-9-22(3,11-21)12-26(14)10-17(27)25-18-15-7-13(23)5-6-16(15)24-19(18)20(28)29-4/h5-7,14,24H,8-12H2,1-4H3,(H,25,27)/t14-,22-/m1/s1. The molecule has 0 spiro atoms. The van der Waals surface area contributed by atoms with E-state index in [9.17, 15) is 9.59 Å². The van der Waals surface area contributed by atoms with E-state index in [0.29, 0.717) is 23.7 Å². The maximum Gasteiger partial charge on any atom is 0.356 e. The van der Waals surface area contributed by atoms with Gasteiger partial charge < -0.3 is 15.0 Å². The van der Waals surface area contributed by atoms with Crippen molar-refractivity contribution in [2.24, 2.45) is 10.8 Å². The number of esters is 1. The second-order valence-corrected chi connectivity index (χ2v) is 10.6. The molecule has 1 saturated carbocycles. The number of hydrogen-bond acceptors (Lipinski definition) is 4. The molecule has 0 unspecified atom stereocenters. The highest BCUT2D eigenvalue weighted by Crippen LogP contribution is 2.52. The number of amides is 1. The molecule has 2 aromatic rings. The van der Waals surface area contributed by atoms with Crippen molar-refractivity contribution in [3.63, 3.8) is 0 Å². The molecule has 2 N–H and O–H groups in total. The van der Waals surface area contributed by atoms with E-state index in [0.717, 1.165) is 34.8 Å². The van der Waals surface area contributed by atoms with Crippen molar-refractivity contribution in [1.82, 2.24) is 9.88 Å². The van der Waals surface area contributed by atoms with Crippen LogP contribution in [0.1, 0.15) is 50.5 Å². The van der Waals surface area contributed by atoms with Crippen LogP contribution in [0.25, 0.3) is 10.9 Å². The zero-order valence-electron chi connectivity index (χ0n) is 17.4. The number of aromatic nitrogens is 1. The molecule has 7 heteroatoms. The second-order valence-electron chi connectivity index (χ2n) is 9.72. The number of nitrogens with zero attached hydrogens (tertiary/aromatic N) is 1. The minimum atomic E-state index is -0.501. The lowest BCUT2D eigenvalue weighted by Gasteiger charge is -2.39. The number of benzene rings is 1. The van der Waals surface area contributed by atoms with Gasteiger partial charge in [0, 0.05) is 28.0 Å². The molecule has 2 heterocycles. The van der Waals surface area contributed by atoms with Crippen molar-refractivity contribution in [2.45, 2.75) is 46.1 Å². The summed E-state index contributed by atoms with van der Waals surface area (Å²) in [7, 11) is 1.34. The van der Waals surface area contributed by atoms with Crippen LogP contribution in [0.5, 0.6) is 0 Å². The van der Waals surface area contributed by atoms with E-state index in [1.54, 1.807) is 0 Å². The number of likely N-dealkylation sites (tertiary alicyclic amines) is 1. The van der Waals surface area contributed by atoms with Crippen molar-refractivity contribution in [3.8, 4) is 0 Å². The molecule has 2 aliphatic rings. The normalized spacial score (nSPS) is 25.9. The van der Waals surface area contributed by atoms with Gasteiger partial charge in [-0.2, -0.15) is 0 Å². The van der Waals surface area contributed by atoms with Crippen LogP contribution in [0.2, 0.25) is 0 Å². The molecule has 1 amide bonds. The Hall–Kier alpha value is -1.86. The van der Waals surface area contributed by atoms with Crippen LogP contribution in [-0.2, 0) is 9.53 Å². The van der Waals surface area contributed by atoms with Gasteiger partial charge >= 0.3 is 5.97 Å². The molecule has 2 atom stereocenters. The number of nitrogens with one attached hydrogen (secondary N) is 2. The second kappa shape index (κ2) is 7.13. The summed E-state index contributed by atoms with van der Waals surface area (Å²) in [6.07, 6.45) is 3.46. The Kier molecular flexibility index (Phi) is 5.02. The average Bonchev–Trinajstić information content (AvgIpc) is 3.07. The number of carbonyl (C=O) groups is 2. The first-order valence-corrected chi connectivity index (χ1v) is 10.8. The third kappa shape index (κ3) is 3.94. The van der Waals surface area contributed by atoms with Crippen LogP contribution in [0.15, 0.2) is 22.7 Å². The molecule has 2 bridgehead atoms. The highest BCUT2D eigenvalue weighted by atomic mass is 79.9. The molecule has 1 aliphatic heterocycles. The summed E-state index contributed by atoms with van der Waals surface area (Å²) in [6, 6.07) is 6.08. The number of fused-ring (bicyclic) bond motifs is 3. The Balaban J connectivity index is 1.57. The number of anilines is 1. The van der Waals surface area contributed by atoms with Gasteiger partial charge in [-0.25, -0.2) is 4.79 Å². The SMILES string of the molecule is COC(=O)c1[nH]c2ccc(Br)cc2c1NC(=O)CN1C[C@]2(C)C[C@H]1CC(C)(C)C2. The van der Waals surface area contributed by atoms with Crippen molar-refractivity contribution in [1.29, 1.82) is 0 Å². The fourth-order valence-corrected chi connectivity index (χ4v) is 6.04. The Morgan fingerprint density at radius 2 is 2.07 bits per heavy atom. The molecule has 29 heavy (non-hydrogen) atoms. The topological polar surface area (TPSA) is 74.4 Å². The van der Waals surface area contributed by atoms with Gasteiger partial charge in [0.1, 0.15) is 5.69 Å². The van der Waals surface area contributed by atoms with E-state index in [1.807, 2.05) is 18.2 Å². The monoisotopic (exact) mass is 461 g/mol. The van der Waals surface area contributed by atoms with Gasteiger partial charge in [-0.1, -0.05) is 36.7 Å². The van der Waals surface area contributed by atoms with E-state index < -0.39 is 5.97 Å². The first-order chi connectivity index (χ1) is 13.6. The lowest BCUT2D eigenvalue weighted by Crippen LogP contribution is -2.38. The van der Waals surface area contributed by atoms with Gasteiger partial charge in [0.2, 0.25) is 5.91 Å². The molecule has 1 aromatic carbocycles. The van der Waals surface area contributed by atoms with E-state index in [-0.39, 0.29) is 17.0 Å². The number of rotatable bonds is 4. The molecule has 156 valence electrons. The number of halogens is 1. The number of carbonyl (C=O) groups excluding carboxylic acids is 2. The van der Waals surface area contributed by atoms with Crippen LogP contribution in [0.3, 0.4) is 0 Å². The third-order valence-electron chi connectivity index (χ3n) is 6.28. The minimum absolute atomic E-state index is 0.106. The molecular formula is C22H28BrN3O3. The fraction of sp³-hybridized carbons (Fsp3) is 0.545. The predicted molar refractivity (Wildman–Crippen MR) is 117 cm³/mol. The van der Waals surface area contributed by atoms with Gasteiger partial charge in [-0.3, -0.25) is 9.69 Å². The molecular weight excluding hydrogens is 434 g/mol. The fourth-order valence-electron chi connectivity index (χ4n) is 5.67. The molecule has 6 nitrogen and oxygen atoms in total. The highest BCUT2D eigenvalue weighted by Gasteiger charge is 2.49. The summed E-state index contributed by atoms with van der Waals surface area (Å²) in [5.41, 5.74) is 2.10. The zero-order chi connectivity index (χ0) is 21.0. The Morgan fingerprint density at radius 1 is 1.31 bits per heavy atom. The van der Waals surface area contributed by atoms with Crippen molar-refractivity contribution in [3.05, 3.63) is 28.4 Å². The summed E-state index contributed by atoms with van der Waals surface area (Å²) in [4.78, 5) is 30.6. The predicted octanol–water partition coefficient (Wildman–Crippen LogP) is 4.56. The number of methoxy groups -OCH3 is 1. The maximum absolute atomic E-state index is 13.0. The Bertz CT molecular complexity index is 983. The van der Waals surface area contributed by atoms with Crippen LogP contribution in [0.4, 0.5) is 5.69 Å². The summed E-state index contributed by atoms with van der Waals surface area (Å²) in [5, 5.41) is 3.76. The summed E-state index contributed by atoms with van der Waals surface area (Å²) >= 11 is 3.46. The smallest absolute Gasteiger partial charge is 0.356 e. The Morgan fingerprint density at radius 3 is 2.79 bits per heavy atom. The first kappa shape index (κ1) is 20.4. The van der Waals surface area contributed by atoms with Crippen LogP contribution in [-0.4, -0.2) is 48.0 Å². The van der Waals surface area contributed by atoms with E-state index in [1.165, 1.54) is 13.5 Å². The van der Waals surface area contributed by atoms with E-state index in [2.05, 4.69) is 51.9 Å². The number of ether oxygens (including phenoxy) is 1. The summed E-state index contributed by atoms with van der Waals surface area (Å²) < 4.78 is 5.78. The highest BCUT2D eigenvalue weighted by molar-refractivity contribution is 9.10. The van der Waals surface area contributed by atoms with Crippen molar-refractivity contribution < 1.29 is 14.3 Å². The number of aromatic amines is 1. The van der Waals surface area contributed by atoms with Crippen molar-refractivity contribution >= 4 is 44.4 Å². The van der Waals surface area contributed by atoms with Crippen LogP contribution in [0, 0.1) is 10.8 Å². The van der Waals surface area contributed by atoms with Gasteiger partial charge in [-0.05, 0) is 48.3 Å². The zero-order valence-corrected chi connectivity index (χ0v) is 19.0. The Labute approximate surface area is 179 Å². The first-order valence-electron chi connectivity index (χ1n) is 10.0. The molecule has 0 radical (unpaired) electrons. The van der Waals surface area contributed by atoms with Gasteiger partial charge in [-0.15, -0.1) is 0 Å². The lowest BCUT2D eigenvalue weighted by atomic mass is 9.65. The number of hydrogen-bond donors (Lipinski definition) is 2. The average molecular weight is 462 g/mol. The molecule has 1 aliphatic carbocycles. The van der Waals surface area contributed by atoms with Crippen molar-refractivity contribution in [2.75, 3.05) is 25.5 Å². The largest absolute Gasteiger partial charge is 0.464 e. The van der Waals surface area contributed by atoms with Crippen LogP contribution >= 0.6 is 15.9 Å². The molecule has 4 rings (SSSR count). The van der Waals surface area contributed by atoms with Gasteiger partial charge in [0.15, 0.2) is 0 Å². The number of H-pyrrole nitrogens is 1. The molecule has 2 fully saturated rings. The quantitative estimate of drug-likeness (QED) is 0.654. The molecule has 1 saturated heterocycles. The lowest BCUT2D eigenvalue weighted by molar-refractivity contribution is -0.117. The summed E-state index contributed by atoms with van der Waals surface area (Å²) in [6.45, 7) is 8.27. The van der Waals surface area contributed by atoms with E-state index in [4.69, 9.17) is 4.74 Å². The third-order valence-corrected chi connectivity index (χ3v) is 6.78. The summed E-state index contributed by atoms with van der Waals surface area (Å²) in [5.74, 6) is -0.608. The van der Waals surface area contributed by atoms with Gasteiger partial charge in [0.05, 0.1) is 19.3 Å². The van der Waals surface area contributed by atoms with E-state index >= 15 is 0 Å². The van der Waals surface area contributed by atoms with Gasteiger partial charge in [0.25, 0.3) is 0 Å². The van der Waals surface area contributed by atoms with Crippen LogP contribution < -0.4 is 5.32 Å². The molecule has 1 aromatic heterocycles. The maximum atomic E-state index is 13.0. The minimum Gasteiger partial charge on any atom is -0.464 e.